The van der Waals surface area contributed by atoms with E-state index >= 15 is 0 Å². The van der Waals surface area contributed by atoms with Crippen LogP contribution in [0.15, 0.2) is 11.2 Å². The van der Waals surface area contributed by atoms with E-state index in [4.69, 9.17) is 11.5 Å². The topological polar surface area (TPSA) is 128 Å². The number of nitrogens with two attached hydrogens (primary N) is 2. The molecule has 0 aromatic carbocycles. The lowest BCUT2D eigenvalue weighted by Crippen LogP contribution is -2.16. The molecule has 0 aliphatic rings. The summed E-state index contributed by atoms with van der Waals surface area (Å²) in [6.45, 7) is 6.78. The first-order valence-electron chi connectivity index (χ1n) is 7.01. The number of nitrogens with one attached hydrogen (secondary N) is 1. The minimum Gasteiger partial charge on any atom is -0.383 e. The Morgan fingerprint density at radius 2 is 1.78 bits per heavy atom. The molecule has 5 N–H and O–H groups in total. The number of thioether (sulfide) groups is 1. The van der Waals surface area contributed by atoms with Gasteiger partial charge in [0.25, 0.3) is 0 Å². The minimum atomic E-state index is -0.451. The molecule has 2 aromatic rings. The number of rotatable bonds is 5. The number of hydrogen-bond acceptors (Lipinski definition) is 7. The van der Waals surface area contributed by atoms with E-state index < -0.39 is 5.25 Å². The third-order valence-electron chi connectivity index (χ3n) is 3.43. The first kappa shape index (κ1) is 17.0. The second-order valence-electron chi connectivity index (χ2n) is 5.31. The average Bonchev–Trinajstić information content (AvgIpc) is 2.71. The Morgan fingerprint density at radius 3 is 2.26 bits per heavy atom. The summed E-state index contributed by atoms with van der Waals surface area (Å²) in [5, 5.41) is -0.108. The monoisotopic (exact) mass is 333 g/mol. The molecular formula is C15H19N5O2S. The van der Waals surface area contributed by atoms with Gasteiger partial charge < -0.3 is 16.5 Å². The maximum atomic E-state index is 12.6. The maximum absolute atomic E-state index is 12.6. The van der Waals surface area contributed by atoms with E-state index in [-0.39, 0.29) is 23.2 Å². The normalized spacial score (nSPS) is 12.2. The van der Waals surface area contributed by atoms with Crippen LogP contribution in [0.3, 0.4) is 0 Å². The van der Waals surface area contributed by atoms with E-state index in [1.54, 1.807) is 20.8 Å². The van der Waals surface area contributed by atoms with Gasteiger partial charge in [-0.25, -0.2) is 9.97 Å². The predicted octanol–water partition coefficient (Wildman–Crippen LogP) is 2.15. The smallest absolute Gasteiger partial charge is 0.192 e. The van der Waals surface area contributed by atoms with Crippen molar-refractivity contribution in [1.82, 2.24) is 15.0 Å². The van der Waals surface area contributed by atoms with Gasteiger partial charge >= 0.3 is 0 Å². The van der Waals surface area contributed by atoms with Gasteiger partial charge in [-0.3, -0.25) is 9.59 Å². The fraction of sp³-hybridized carbons (Fsp3) is 0.333. The number of Topliss-reactive ketones (excluding diaryl/α,β-unsaturated/α-hetero) is 2. The molecule has 0 amide bonds. The molecule has 0 spiro atoms. The van der Waals surface area contributed by atoms with Crippen LogP contribution in [0.5, 0.6) is 0 Å². The van der Waals surface area contributed by atoms with Crippen LogP contribution in [-0.4, -0.2) is 31.8 Å². The fourth-order valence-electron chi connectivity index (χ4n) is 2.45. The number of aryl methyl sites for hydroxylation is 1. The number of nitrogens with zero attached hydrogens (tertiary/aromatic N) is 2. The van der Waals surface area contributed by atoms with Gasteiger partial charge in [0.1, 0.15) is 11.6 Å². The van der Waals surface area contributed by atoms with Crippen molar-refractivity contribution in [3.63, 3.8) is 0 Å². The fourth-order valence-corrected chi connectivity index (χ4v) is 3.31. The Morgan fingerprint density at radius 1 is 1.22 bits per heavy atom. The third-order valence-corrected chi connectivity index (χ3v) is 4.39. The largest absolute Gasteiger partial charge is 0.383 e. The molecule has 0 saturated heterocycles. The van der Waals surface area contributed by atoms with Crippen LogP contribution in [0, 0.1) is 13.8 Å². The first-order valence-corrected chi connectivity index (χ1v) is 7.89. The van der Waals surface area contributed by atoms with Gasteiger partial charge in [0.2, 0.25) is 0 Å². The molecule has 23 heavy (non-hydrogen) atoms. The Balaban J connectivity index is 2.26. The Bertz CT molecular complexity index is 764. The van der Waals surface area contributed by atoms with Crippen molar-refractivity contribution < 1.29 is 9.59 Å². The van der Waals surface area contributed by atoms with E-state index in [1.165, 1.54) is 24.8 Å². The van der Waals surface area contributed by atoms with Crippen molar-refractivity contribution in [3.05, 3.63) is 28.6 Å². The summed E-state index contributed by atoms with van der Waals surface area (Å²) in [5.74, 6) is 0.311. The van der Waals surface area contributed by atoms with Crippen molar-refractivity contribution in [3.8, 4) is 0 Å². The number of nitrogen functional groups attached to an aromatic ring is 2. The van der Waals surface area contributed by atoms with E-state index in [1.807, 2.05) is 0 Å². The maximum Gasteiger partial charge on any atom is 0.192 e. The molecule has 0 saturated carbocycles. The number of ketones is 2. The number of aromatic nitrogens is 3. The van der Waals surface area contributed by atoms with Crippen LogP contribution >= 0.6 is 11.8 Å². The lowest BCUT2D eigenvalue weighted by molar-refractivity contribution is 0.0988. The third kappa shape index (κ3) is 3.53. The summed E-state index contributed by atoms with van der Waals surface area (Å²) in [6, 6.07) is 1.45. The SMILES string of the molecule is CC(=O)c1c(C)[nH]c(C(=O)C(C)Sc2nc(N)cc(N)n2)c1C. The molecule has 2 heterocycles. The van der Waals surface area contributed by atoms with Crippen LogP contribution in [0.25, 0.3) is 0 Å². The molecule has 0 radical (unpaired) electrons. The average molecular weight is 333 g/mol. The quantitative estimate of drug-likeness (QED) is 0.434. The van der Waals surface area contributed by atoms with Crippen LogP contribution in [0.2, 0.25) is 0 Å². The summed E-state index contributed by atoms with van der Waals surface area (Å²) in [6.07, 6.45) is 0. The summed E-state index contributed by atoms with van der Waals surface area (Å²) >= 11 is 1.17. The minimum absolute atomic E-state index is 0.0671. The Kier molecular flexibility index (Phi) is 4.74. The molecule has 0 fully saturated rings. The standard InChI is InChI=1S/C15H19N5O2S/c1-6-12(8(3)21)7(2)18-13(6)14(22)9(4)23-15-19-10(16)5-11(17)20-15/h5,9,18H,1-4H3,(H4,16,17,19,20). The van der Waals surface area contributed by atoms with Gasteiger partial charge in [0.15, 0.2) is 16.7 Å². The number of anilines is 2. The van der Waals surface area contributed by atoms with Crippen molar-refractivity contribution in [2.75, 3.05) is 11.5 Å². The zero-order chi connectivity index (χ0) is 17.3. The number of H-pyrrole nitrogens is 1. The van der Waals surface area contributed by atoms with Crippen molar-refractivity contribution in [2.24, 2.45) is 0 Å². The molecular weight excluding hydrogens is 314 g/mol. The van der Waals surface area contributed by atoms with E-state index in [0.29, 0.717) is 27.7 Å². The first-order chi connectivity index (χ1) is 10.7. The lowest BCUT2D eigenvalue weighted by Gasteiger charge is -2.09. The molecule has 2 aromatic heterocycles. The highest BCUT2D eigenvalue weighted by Gasteiger charge is 2.25. The molecule has 0 bridgehead atoms. The zero-order valence-electron chi connectivity index (χ0n) is 13.4. The molecule has 2 rings (SSSR count). The van der Waals surface area contributed by atoms with Gasteiger partial charge in [-0.05, 0) is 33.3 Å². The number of carbonyl (C=O) groups excluding carboxylic acids is 2. The number of carbonyl (C=O) groups is 2. The second kappa shape index (κ2) is 6.41. The highest BCUT2D eigenvalue weighted by atomic mass is 32.2. The predicted molar refractivity (Wildman–Crippen MR) is 90.8 cm³/mol. The van der Waals surface area contributed by atoms with Crippen LogP contribution in [0.1, 0.15) is 46.0 Å². The second-order valence-corrected chi connectivity index (χ2v) is 6.61. The van der Waals surface area contributed by atoms with Crippen LogP contribution < -0.4 is 11.5 Å². The lowest BCUT2D eigenvalue weighted by atomic mass is 10.0. The molecule has 0 aliphatic carbocycles. The number of hydrogen-bond donors (Lipinski definition) is 3. The van der Waals surface area contributed by atoms with Crippen LogP contribution in [-0.2, 0) is 0 Å². The molecule has 7 nitrogen and oxygen atoms in total. The molecule has 0 aliphatic heterocycles. The zero-order valence-corrected chi connectivity index (χ0v) is 14.2. The highest BCUT2D eigenvalue weighted by molar-refractivity contribution is 8.00. The molecule has 8 heteroatoms. The van der Waals surface area contributed by atoms with Crippen molar-refractivity contribution in [1.29, 1.82) is 0 Å². The Labute approximate surface area is 138 Å². The van der Waals surface area contributed by atoms with E-state index in [9.17, 15) is 9.59 Å². The molecule has 122 valence electrons. The molecule has 1 atom stereocenters. The van der Waals surface area contributed by atoms with Gasteiger partial charge in [0.05, 0.1) is 10.9 Å². The molecule has 1 unspecified atom stereocenters. The van der Waals surface area contributed by atoms with Gasteiger partial charge in [-0.15, -0.1) is 0 Å². The summed E-state index contributed by atoms with van der Waals surface area (Å²) in [5.41, 5.74) is 13.6. The van der Waals surface area contributed by atoms with E-state index in [0.717, 1.165) is 0 Å². The summed E-state index contributed by atoms with van der Waals surface area (Å²) in [7, 11) is 0. The Hall–Kier alpha value is -2.35. The van der Waals surface area contributed by atoms with Crippen molar-refractivity contribution >= 4 is 35.0 Å². The summed E-state index contributed by atoms with van der Waals surface area (Å²) < 4.78 is 0. The summed E-state index contributed by atoms with van der Waals surface area (Å²) in [4.78, 5) is 35.4. The highest BCUT2D eigenvalue weighted by Crippen LogP contribution is 2.27. The van der Waals surface area contributed by atoms with E-state index in [2.05, 4.69) is 15.0 Å². The van der Waals surface area contributed by atoms with Gasteiger partial charge in [0, 0.05) is 17.3 Å². The van der Waals surface area contributed by atoms with Gasteiger partial charge in [-0.1, -0.05) is 11.8 Å². The van der Waals surface area contributed by atoms with Crippen LogP contribution in [0.4, 0.5) is 11.6 Å². The van der Waals surface area contributed by atoms with Crippen molar-refractivity contribution in [2.45, 2.75) is 38.1 Å². The number of aromatic amines is 1. The van der Waals surface area contributed by atoms with Gasteiger partial charge in [-0.2, -0.15) is 0 Å².